The molecule has 0 unspecified atom stereocenters. The van der Waals surface area contributed by atoms with Crippen molar-refractivity contribution in [2.75, 3.05) is 33.1 Å². The second kappa shape index (κ2) is 13.5. The van der Waals surface area contributed by atoms with Crippen molar-refractivity contribution in [1.29, 1.82) is 0 Å². The van der Waals surface area contributed by atoms with E-state index in [4.69, 9.17) is 4.84 Å². The first-order chi connectivity index (χ1) is 19.8. The van der Waals surface area contributed by atoms with Crippen LogP contribution in [0.5, 0.6) is 0 Å². The van der Waals surface area contributed by atoms with Crippen LogP contribution in [0.15, 0.2) is 140 Å². The summed E-state index contributed by atoms with van der Waals surface area (Å²) in [7, 11) is 7.22. The molecule has 0 saturated carbocycles. The zero-order valence-electron chi connectivity index (χ0n) is 24.5. The van der Waals surface area contributed by atoms with Crippen molar-refractivity contribution in [3.63, 3.8) is 0 Å². The monoisotopic (exact) mass is 543 g/mol. The molecule has 5 nitrogen and oxygen atoms in total. The third-order valence-electron chi connectivity index (χ3n) is 7.34. The standard InChI is InChI=1S/C24H20B.C11H18N3O2/c1-5-13-21(14-6-1)25(22-15-7-2-8-16-22,23-17-9-3-10-18-23)24-19-11-4-12-20-24;1-9-8-10(12(2)3)6-7-14(9)16-11(15)13(4)5/h1-20H;6-8H,1-5H3/q-1;+1. The number of hydrogen-bond donors (Lipinski definition) is 0. The van der Waals surface area contributed by atoms with Crippen LogP contribution in [0.1, 0.15) is 5.69 Å². The molecule has 6 heteroatoms. The van der Waals surface area contributed by atoms with Crippen LogP contribution in [-0.2, 0) is 0 Å². The molecule has 1 aromatic heterocycles. The minimum atomic E-state index is -1.22. The van der Waals surface area contributed by atoms with E-state index in [-0.39, 0.29) is 0 Å². The molecule has 0 aliphatic rings. The number of hydrogen-bond acceptors (Lipinski definition) is 3. The molecule has 1 amide bonds. The van der Waals surface area contributed by atoms with Gasteiger partial charge in [-0.05, 0) is 0 Å². The molecule has 0 fully saturated rings. The van der Waals surface area contributed by atoms with Crippen LogP contribution in [0.25, 0.3) is 0 Å². The second-order valence-electron chi connectivity index (χ2n) is 10.5. The molecule has 0 bridgehead atoms. The number of aryl methyl sites for hydroxylation is 1. The van der Waals surface area contributed by atoms with Gasteiger partial charge in [-0.3, -0.25) is 0 Å². The van der Waals surface area contributed by atoms with E-state index in [1.54, 1.807) is 20.3 Å². The van der Waals surface area contributed by atoms with Gasteiger partial charge < -0.3 is 9.80 Å². The summed E-state index contributed by atoms with van der Waals surface area (Å²) in [4.78, 5) is 19.9. The van der Waals surface area contributed by atoms with Gasteiger partial charge in [0.05, 0.1) is 0 Å². The highest BCUT2D eigenvalue weighted by Crippen LogP contribution is 2.10. The predicted octanol–water partition coefficient (Wildman–Crippen LogP) is 3.52. The summed E-state index contributed by atoms with van der Waals surface area (Å²) in [6.07, 6.45) is 0.115. The maximum Gasteiger partial charge on any atom is 0.477 e. The fraction of sp³-hybridized carbons (Fsp3) is 0.143. The average Bonchev–Trinajstić information content (AvgIpc) is 3.01. The van der Waals surface area contributed by atoms with E-state index in [1.807, 2.05) is 38.1 Å². The van der Waals surface area contributed by atoms with Crippen LogP contribution in [0, 0.1) is 6.92 Å². The number of amides is 1. The van der Waals surface area contributed by atoms with Crippen molar-refractivity contribution in [2.24, 2.45) is 0 Å². The molecule has 0 saturated heterocycles. The molecule has 0 spiro atoms. The number of pyridine rings is 1. The fourth-order valence-corrected chi connectivity index (χ4v) is 5.26. The predicted molar refractivity (Wildman–Crippen MR) is 171 cm³/mol. The maximum atomic E-state index is 11.4. The van der Waals surface area contributed by atoms with Gasteiger partial charge in [0.15, 0.2) is 0 Å². The maximum absolute atomic E-state index is 11.4. The summed E-state index contributed by atoms with van der Waals surface area (Å²) in [5.41, 5.74) is 7.28. The van der Waals surface area contributed by atoms with Gasteiger partial charge in [0.1, 0.15) is 6.15 Å². The minimum Gasteiger partial charge on any atom is -0.377 e. The van der Waals surface area contributed by atoms with E-state index in [2.05, 4.69) is 121 Å². The van der Waals surface area contributed by atoms with E-state index in [1.165, 1.54) is 31.5 Å². The molecule has 5 rings (SSSR count). The zero-order chi connectivity index (χ0) is 29.2. The summed E-state index contributed by atoms with van der Waals surface area (Å²) in [6, 6.07) is 47.4. The van der Waals surface area contributed by atoms with Gasteiger partial charge in [-0.1, -0.05) is 121 Å². The third-order valence-corrected chi connectivity index (χ3v) is 7.34. The van der Waals surface area contributed by atoms with Crippen LogP contribution in [0.4, 0.5) is 10.5 Å². The van der Waals surface area contributed by atoms with Gasteiger partial charge in [0, 0.05) is 57.7 Å². The van der Waals surface area contributed by atoms with Crippen molar-refractivity contribution in [2.45, 2.75) is 6.92 Å². The smallest absolute Gasteiger partial charge is 0.377 e. The molecule has 0 atom stereocenters. The van der Waals surface area contributed by atoms with Crippen molar-refractivity contribution in [3.8, 4) is 0 Å². The Morgan fingerprint density at radius 1 is 0.610 bits per heavy atom. The Hall–Kier alpha value is -4.84. The summed E-state index contributed by atoms with van der Waals surface area (Å²) >= 11 is 0. The fourth-order valence-electron chi connectivity index (χ4n) is 5.26. The van der Waals surface area contributed by atoms with E-state index >= 15 is 0 Å². The zero-order valence-corrected chi connectivity index (χ0v) is 24.5. The lowest BCUT2D eigenvalue weighted by atomic mass is 9.13. The SMILES string of the molecule is Cc1cc(N(C)C)cc[n+]1OC(=O)N(C)C.c1ccc([B-](c2ccccc2)(c2ccccc2)c2ccccc2)cc1. The summed E-state index contributed by atoms with van der Waals surface area (Å²) in [6.45, 7) is 1.88. The molecule has 1 heterocycles. The number of carbonyl (C=O) groups excluding carboxylic acids is 1. The number of anilines is 1. The third kappa shape index (κ3) is 6.67. The molecule has 0 radical (unpaired) electrons. The van der Waals surface area contributed by atoms with Gasteiger partial charge in [0.2, 0.25) is 11.9 Å². The summed E-state index contributed by atoms with van der Waals surface area (Å²) < 4.78 is 1.45. The average molecular weight is 544 g/mol. The van der Waals surface area contributed by atoms with Gasteiger partial charge >= 0.3 is 6.09 Å². The Balaban J connectivity index is 0.000000210. The lowest BCUT2D eigenvalue weighted by Crippen LogP contribution is -2.74. The number of nitrogens with zero attached hydrogens (tertiary/aromatic N) is 3. The first-order valence-corrected chi connectivity index (χ1v) is 13.8. The van der Waals surface area contributed by atoms with Gasteiger partial charge in [0.25, 0.3) is 0 Å². The molecular weight excluding hydrogens is 505 g/mol. The van der Waals surface area contributed by atoms with E-state index in [0.29, 0.717) is 0 Å². The number of rotatable bonds is 6. The van der Waals surface area contributed by atoms with Crippen molar-refractivity contribution in [1.82, 2.24) is 4.90 Å². The van der Waals surface area contributed by atoms with Crippen LogP contribution in [-0.4, -0.2) is 45.3 Å². The van der Waals surface area contributed by atoms with Crippen LogP contribution in [0.3, 0.4) is 0 Å². The normalized spacial score (nSPS) is 10.7. The highest BCUT2D eigenvalue weighted by Gasteiger charge is 2.31. The highest BCUT2D eigenvalue weighted by molar-refractivity contribution is 7.19. The molecule has 5 aromatic rings. The topological polar surface area (TPSA) is 36.7 Å². The van der Waals surface area contributed by atoms with Gasteiger partial charge in [-0.15, -0.1) is 0 Å². The largest absolute Gasteiger partial charge is 0.477 e. The highest BCUT2D eigenvalue weighted by atomic mass is 16.7. The van der Waals surface area contributed by atoms with E-state index < -0.39 is 12.2 Å². The Morgan fingerprint density at radius 3 is 1.27 bits per heavy atom. The first-order valence-electron chi connectivity index (χ1n) is 13.8. The first kappa shape index (κ1) is 29.2. The summed E-state index contributed by atoms with van der Waals surface area (Å²) in [5.74, 6) is 0. The molecule has 0 aliphatic heterocycles. The van der Waals surface area contributed by atoms with Crippen LogP contribution in [0.2, 0.25) is 0 Å². The molecule has 208 valence electrons. The lowest BCUT2D eigenvalue weighted by molar-refractivity contribution is -0.873. The Labute approximate surface area is 244 Å². The number of benzene rings is 4. The Bertz CT molecular complexity index is 1360. The lowest BCUT2D eigenvalue weighted by Gasteiger charge is -2.44. The molecule has 4 aromatic carbocycles. The quantitative estimate of drug-likeness (QED) is 0.243. The van der Waals surface area contributed by atoms with Crippen molar-refractivity contribution in [3.05, 3.63) is 145 Å². The summed E-state index contributed by atoms with van der Waals surface area (Å²) in [5, 5.41) is 0. The molecular formula is C35H38BN3O2. The second-order valence-corrected chi connectivity index (χ2v) is 10.5. The van der Waals surface area contributed by atoms with E-state index in [9.17, 15) is 4.79 Å². The molecule has 0 aliphatic carbocycles. The van der Waals surface area contributed by atoms with Crippen molar-refractivity contribution < 1.29 is 14.4 Å². The molecule has 0 N–H and O–H groups in total. The van der Waals surface area contributed by atoms with Crippen LogP contribution >= 0.6 is 0 Å². The van der Waals surface area contributed by atoms with Gasteiger partial charge in [-0.25, -0.2) is 4.79 Å². The Morgan fingerprint density at radius 2 is 0.976 bits per heavy atom. The van der Waals surface area contributed by atoms with Crippen molar-refractivity contribution >= 4 is 39.8 Å². The van der Waals surface area contributed by atoms with Gasteiger partial charge in [-0.2, -0.15) is 26.7 Å². The molecule has 41 heavy (non-hydrogen) atoms. The number of aromatic nitrogens is 1. The number of carbonyl (C=O) groups is 1. The Kier molecular flexibility index (Phi) is 9.59. The van der Waals surface area contributed by atoms with E-state index in [0.717, 1.165) is 11.4 Å². The minimum absolute atomic E-state index is 0.397. The van der Waals surface area contributed by atoms with Crippen LogP contribution < -0.4 is 36.3 Å².